The third-order valence-electron chi connectivity index (χ3n) is 3.98. The van der Waals surface area contributed by atoms with Gasteiger partial charge in [-0.05, 0) is 31.2 Å². The van der Waals surface area contributed by atoms with Crippen LogP contribution in [-0.4, -0.2) is 24.7 Å². The highest BCUT2D eigenvalue weighted by Gasteiger charge is 2.18. The first-order valence-corrected chi connectivity index (χ1v) is 8.39. The SMILES string of the molecule is CCn1nc(-c2nc(N)c(N=Nc3ccccc3)c(N)n2)c2cccnc21. The highest BCUT2D eigenvalue weighted by atomic mass is 15.3. The van der Waals surface area contributed by atoms with E-state index in [4.69, 9.17) is 11.5 Å². The van der Waals surface area contributed by atoms with Crippen LogP contribution in [-0.2, 0) is 6.54 Å². The molecule has 1 aromatic carbocycles. The molecule has 0 amide bonds. The molecule has 0 radical (unpaired) electrons. The van der Waals surface area contributed by atoms with Gasteiger partial charge < -0.3 is 11.5 Å². The molecular formula is C18H17N9. The van der Waals surface area contributed by atoms with Crippen molar-refractivity contribution in [3.63, 3.8) is 0 Å². The quantitative estimate of drug-likeness (QED) is 0.536. The second-order valence-electron chi connectivity index (χ2n) is 5.74. The molecule has 0 saturated heterocycles. The molecule has 134 valence electrons. The summed E-state index contributed by atoms with van der Waals surface area (Å²) in [6.07, 6.45) is 1.72. The number of anilines is 2. The van der Waals surface area contributed by atoms with Gasteiger partial charge in [-0.2, -0.15) is 10.2 Å². The van der Waals surface area contributed by atoms with Gasteiger partial charge in [-0.25, -0.2) is 19.6 Å². The van der Waals surface area contributed by atoms with E-state index in [1.54, 1.807) is 10.9 Å². The molecule has 0 aliphatic carbocycles. The standard InChI is InChI=1S/C18H17N9/c1-2-27-18-12(9-6-10-21-18)13(26-27)17-22-15(19)14(16(20)23-17)25-24-11-7-4-3-5-8-11/h3-10H,2H2,1H3,(H4,19,20,22,23). The zero-order chi connectivity index (χ0) is 18.8. The summed E-state index contributed by atoms with van der Waals surface area (Å²) in [5, 5.41) is 13.6. The molecule has 0 aliphatic rings. The first-order chi connectivity index (χ1) is 13.2. The van der Waals surface area contributed by atoms with Gasteiger partial charge in [0, 0.05) is 12.7 Å². The molecule has 0 fully saturated rings. The van der Waals surface area contributed by atoms with Crippen molar-refractivity contribution < 1.29 is 0 Å². The number of hydrogen-bond donors (Lipinski definition) is 2. The van der Waals surface area contributed by atoms with Crippen molar-refractivity contribution in [1.29, 1.82) is 0 Å². The Morgan fingerprint density at radius 2 is 1.70 bits per heavy atom. The van der Waals surface area contributed by atoms with Gasteiger partial charge in [0.05, 0.1) is 11.1 Å². The molecule has 0 unspecified atom stereocenters. The van der Waals surface area contributed by atoms with Gasteiger partial charge in [0.25, 0.3) is 0 Å². The third-order valence-corrected chi connectivity index (χ3v) is 3.98. The molecule has 0 aliphatic heterocycles. The van der Waals surface area contributed by atoms with Gasteiger partial charge in [0.2, 0.25) is 0 Å². The lowest BCUT2D eigenvalue weighted by atomic mass is 10.2. The Labute approximate surface area is 154 Å². The maximum absolute atomic E-state index is 6.07. The number of nitrogens with zero attached hydrogens (tertiary/aromatic N) is 7. The number of azo groups is 1. The lowest BCUT2D eigenvalue weighted by Crippen LogP contribution is -2.02. The molecule has 9 heteroatoms. The summed E-state index contributed by atoms with van der Waals surface area (Å²) in [6.45, 7) is 2.66. The Morgan fingerprint density at radius 1 is 0.963 bits per heavy atom. The van der Waals surface area contributed by atoms with E-state index in [9.17, 15) is 0 Å². The monoisotopic (exact) mass is 359 g/mol. The van der Waals surface area contributed by atoms with E-state index in [0.717, 1.165) is 11.0 Å². The van der Waals surface area contributed by atoms with Gasteiger partial charge in [-0.15, -0.1) is 5.11 Å². The highest BCUT2D eigenvalue weighted by molar-refractivity contribution is 5.90. The molecular weight excluding hydrogens is 342 g/mol. The minimum atomic E-state index is 0.139. The van der Waals surface area contributed by atoms with Crippen LogP contribution in [0.15, 0.2) is 58.9 Å². The maximum atomic E-state index is 6.07. The highest BCUT2D eigenvalue weighted by Crippen LogP contribution is 2.32. The molecule has 0 bridgehead atoms. The second-order valence-corrected chi connectivity index (χ2v) is 5.74. The average Bonchev–Trinajstić information content (AvgIpc) is 3.07. The fourth-order valence-corrected chi connectivity index (χ4v) is 2.70. The molecule has 9 nitrogen and oxygen atoms in total. The smallest absolute Gasteiger partial charge is 0.184 e. The van der Waals surface area contributed by atoms with Crippen LogP contribution in [0.2, 0.25) is 0 Å². The van der Waals surface area contributed by atoms with E-state index in [1.165, 1.54) is 0 Å². The van der Waals surface area contributed by atoms with Crippen molar-refractivity contribution in [3.05, 3.63) is 48.7 Å². The molecule has 4 rings (SSSR count). The van der Waals surface area contributed by atoms with E-state index in [1.807, 2.05) is 49.4 Å². The van der Waals surface area contributed by atoms with Crippen LogP contribution in [0.1, 0.15) is 6.92 Å². The van der Waals surface area contributed by atoms with Crippen LogP contribution in [0.5, 0.6) is 0 Å². The first-order valence-electron chi connectivity index (χ1n) is 8.39. The second kappa shape index (κ2) is 6.79. The van der Waals surface area contributed by atoms with Crippen LogP contribution in [0.25, 0.3) is 22.6 Å². The van der Waals surface area contributed by atoms with E-state index >= 15 is 0 Å². The first kappa shape index (κ1) is 16.6. The van der Waals surface area contributed by atoms with Crippen molar-refractivity contribution >= 4 is 34.0 Å². The van der Waals surface area contributed by atoms with Gasteiger partial charge in [0.1, 0.15) is 5.69 Å². The molecule has 3 heterocycles. The zero-order valence-electron chi connectivity index (χ0n) is 14.6. The molecule has 4 aromatic rings. The topological polar surface area (TPSA) is 133 Å². The fourth-order valence-electron chi connectivity index (χ4n) is 2.70. The molecule has 0 saturated carbocycles. The number of nitrogens with two attached hydrogens (primary N) is 2. The summed E-state index contributed by atoms with van der Waals surface area (Å²) in [5.74, 6) is 0.606. The van der Waals surface area contributed by atoms with Gasteiger partial charge >= 0.3 is 0 Å². The number of rotatable bonds is 4. The molecule has 0 spiro atoms. The number of pyridine rings is 1. The summed E-state index contributed by atoms with van der Waals surface area (Å²) in [7, 11) is 0. The van der Waals surface area contributed by atoms with Gasteiger partial charge in [-0.1, -0.05) is 18.2 Å². The van der Waals surface area contributed by atoms with Crippen LogP contribution >= 0.6 is 0 Å². The number of hydrogen-bond acceptors (Lipinski definition) is 8. The normalized spacial score (nSPS) is 11.4. The number of aryl methyl sites for hydroxylation is 1. The Morgan fingerprint density at radius 3 is 2.41 bits per heavy atom. The van der Waals surface area contributed by atoms with Crippen molar-refractivity contribution in [3.8, 4) is 11.5 Å². The summed E-state index contributed by atoms with van der Waals surface area (Å²) in [4.78, 5) is 13.1. The lowest BCUT2D eigenvalue weighted by Gasteiger charge is -2.04. The Hall–Kier alpha value is -3.88. The molecule has 27 heavy (non-hydrogen) atoms. The minimum Gasteiger partial charge on any atom is -0.382 e. The van der Waals surface area contributed by atoms with Crippen molar-refractivity contribution in [2.45, 2.75) is 13.5 Å². The zero-order valence-corrected chi connectivity index (χ0v) is 14.6. The number of aromatic nitrogens is 5. The van der Waals surface area contributed by atoms with Crippen molar-refractivity contribution in [2.24, 2.45) is 10.2 Å². The van der Waals surface area contributed by atoms with Crippen molar-refractivity contribution in [2.75, 3.05) is 11.5 Å². The van der Waals surface area contributed by atoms with Crippen molar-refractivity contribution in [1.82, 2.24) is 24.7 Å². The largest absolute Gasteiger partial charge is 0.382 e. The Balaban J connectivity index is 1.78. The van der Waals surface area contributed by atoms with Crippen LogP contribution in [0, 0.1) is 0 Å². The van der Waals surface area contributed by atoms with Crippen LogP contribution < -0.4 is 11.5 Å². The van der Waals surface area contributed by atoms with E-state index < -0.39 is 0 Å². The molecule has 3 aromatic heterocycles. The third kappa shape index (κ3) is 3.06. The lowest BCUT2D eigenvalue weighted by molar-refractivity contribution is 0.678. The fraction of sp³-hybridized carbons (Fsp3) is 0.111. The Bertz CT molecular complexity index is 1110. The van der Waals surface area contributed by atoms with Gasteiger partial charge in [-0.3, -0.25) is 0 Å². The Kier molecular flexibility index (Phi) is 4.17. The number of benzene rings is 1. The van der Waals surface area contributed by atoms with E-state index in [0.29, 0.717) is 23.8 Å². The van der Waals surface area contributed by atoms with Gasteiger partial charge in [0.15, 0.2) is 28.8 Å². The van der Waals surface area contributed by atoms with E-state index in [-0.39, 0.29) is 17.3 Å². The van der Waals surface area contributed by atoms with E-state index in [2.05, 4.69) is 30.3 Å². The maximum Gasteiger partial charge on any atom is 0.184 e. The number of fused-ring (bicyclic) bond motifs is 1. The summed E-state index contributed by atoms with van der Waals surface area (Å²) >= 11 is 0. The predicted octanol–water partition coefficient (Wildman–Crippen LogP) is 3.49. The van der Waals surface area contributed by atoms with Crippen LogP contribution in [0.4, 0.5) is 23.0 Å². The summed E-state index contributed by atoms with van der Waals surface area (Å²) in [5.41, 5.74) is 14.4. The minimum absolute atomic E-state index is 0.139. The molecule has 4 N–H and O–H groups in total. The molecule has 0 atom stereocenters. The number of nitrogen functional groups attached to an aromatic ring is 2. The van der Waals surface area contributed by atoms with Crippen LogP contribution in [0.3, 0.4) is 0 Å². The predicted molar refractivity (Wildman–Crippen MR) is 104 cm³/mol. The summed E-state index contributed by atoms with van der Waals surface area (Å²) < 4.78 is 1.78. The average molecular weight is 359 g/mol. The summed E-state index contributed by atoms with van der Waals surface area (Å²) in [6, 6.07) is 13.0.